The maximum atomic E-state index is 12.4. The van der Waals surface area contributed by atoms with E-state index in [1.807, 2.05) is 7.05 Å². The number of nitrogens with zero attached hydrogens (tertiary/aromatic N) is 4. The molecule has 0 unspecified atom stereocenters. The molecule has 0 spiro atoms. The van der Waals surface area contributed by atoms with Crippen LogP contribution in [0, 0.1) is 0 Å². The van der Waals surface area contributed by atoms with Crippen molar-refractivity contribution in [3.63, 3.8) is 0 Å². The van der Waals surface area contributed by atoms with Gasteiger partial charge in [-0.3, -0.25) is 0 Å². The van der Waals surface area contributed by atoms with E-state index in [1.54, 1.807) is 29.4 Å². The molecule has 0 amide bonds. The molecular formula is C13H17N5O2S. The van der Waals surface area contributed by atoms with Crippen LogP contribution in [0.15, 0.2) is 35.6 Å². The highest BCUT2D eigenvalue weighted by Crippen LogP contribution is 2.16. The smallest absolute Gasteiger partial charge is 0.253 e. The highest BCUT2D eigenvalue weighted by molar-refractivity contribution is 7.89. The number of hydrazine groups is 1. The van der Waals surface area contributed by atoms with Gasteiger partial charge in [-0.1, -0.05) is 0 Å². The molecule has 112 valence electrons. The van der Waals surface area contributed by atoms with Crippen LogP contribution in [-0.4, -0.2) is 61.5 Å². The summed E-state index contributed by atoms with van der Waals surface area (Å²) in [5.41, 5.74) is 0.726. The summed E-state index contributed by atoms with van der Waals surface area (Å²) < 4.78 is 24.8. The van der Waals surface area contributed by atoms with Gasteiger partial charge in [-0.25, -0.2) is 23.4 Å². The Balaban J connectivity index is 1.82. The number of aromatic nitrogens is 2. The Morgan fingerprint density at radius 2 is 1.95 bits per heavy atom. The molecule has 0 bridgehead atoms. The molecule has 0 radical (unpaired) electrons. The van der Waals surface area contributed by atoms with Crippen LogP contribution in [0.5, 0.6) is 0 Å². The monoisotopic (exact) mass is 307 g/mol. The number of fused-ring (bicyclic) bond motifs is 1. The minimum absolute atomic E-state index is 0.226. The van der Waals surface area contributed by atoms with E-state index < -0.39 is 10.0 Å². The molecule has 0 aliphatic carbocycles. The Morgan fingerprint density at radius 1 is 1.19 bits per heavy atom. The topological polar surface area (TPSA) is 78.4 Å². The molecule has 2 aromatic rings. The summed E-state index contributed by atoms with van der Waals surface area (Å²) >= 11 is 0. The zero-order valence-corrected chi connectivity index (χ0v) is 12.5. The van der Waals surface area contributed by atoms with Crippen molar-refractivity contribution >= 4 is 20.9 Å². The summed E-state index contributed by atoms with van der Waals surface area (Å²) in [4.78, 5) is 13.0. The minimum Gasteiger partial charge on any atom is -0.304 e. The van der Waals surface area contributed by atoms with Crippen molar-refractivity contribution in [3.05, 3.63) is 30.7 Å². The molecule has 1 aromatic carbocycles. The van der Waals surface area contributed by atoms with Crippen LogP contribution in [0.2, 0.25) is 0 Å². The quantitative estimate of drug-likeness (QED) is 0.864. The Morgan fingerprint density at radius 3 is 2.71 bits per heavy atom. The SMILES string of the molecule is CN1CCN(NS(=O)(=O)c2ccc3ncncc3c2)CC1. The van der Waals surface area contributed by atoms with E-state index in [1.165, 1.54) is 6.33 Å². The van der Waals surface area contributed by atoms with Gasteiger partial charge in [0, 0.05) is 37.8 Å². The van der Waals surface area contributed by atoms with Gasteiger partial charge in [0.25, 0.3) is 10.0 Å². The first-order chi connectivity index (χ1) is 10.0. The Kier molecular flexibility index (Phi) is 3.85. The molecular weight excluding hydrogens is 290 g/mol. The Bertz CT molecular complexity index is 741. The van der Waals surface area contributed by atoms with E-state index in [-0.39, 0.29) is 4.90 Å². The van der Waals surface area contributed by atoms with Crippen LogP contribution in [0.3, 0.4) is 0 Å². The van der Waals surface area contributed by atoms with Crippen LogP contribution in [0.25, 0.3) is 10.9 Å². The third-order valence-electron chi connectivity index (χ3n) is 3.54. The lowest BCUT2D eigenvalue weighted by atomic mass is 10.2. The third-order valence-corrected chi connectivity index (χ3v) is 4.91. The fourth-order valence-electron chi connectivity index (χ4n) is 2.25. The van der Waals surface area contributed by atoms with Crippen molar-refractivity contribution in [3.8, 4) is 0 Å². The molecule has 21 heavy (non-hydrogen) atoms. The second-order valence-electron chi connectivity index (χ2n) is 5.13. The summed E-state index contributed by atoms with van der Waals surface area (Å²) in [6.45, 7) is 3.03. The second-order valence-corrected chi connectivity index (χ2v) is 6.79. The largest absolute Gasteiger partial charge is 0.304 e. The number of sulfonamides is 1. The average Bonchev–Trinajstić information content (AvgIpc) is 2.49. The van der Waals surface area contributed by atoms with Gasteiger partial charge in [0.1, 0.15) is 6.33 Å². The molecule has 1 aliphatic rings. The minimum atomic E-state index is -3.57. The van der Waals surface area contributed by atoms with E-state index in [9.17, 15) is 8.42 Å². The zero-order valence-electron chi connectivity index (χ0n) is 11.7. The number of nitrogens with one attached hydrogen (secondary N) is 1. The maximum absolute atomic E-state index is 12.4. The lowest BCUT2D eigenvalue weighted by Gasteiger charge is -2.32. The highest BCUT2D eigenvalue weighted by Gasteiger charge is 2.21. The molecule has 1 fully saturated rings. The van der Waals surface area contributed by atoms with Gasteiger partial charge in [-0.15, -0.1) is 4.83 Å². The molecule has 3 rings (SSSR count). The Labute approximate surface area is 123 Å². The van der Waals surface area contributed by atoms with Crippen molar-refractivity contribution in [2.24, 2.45) is 0 Å². The summed E-state index contributed by atoms with van der Waals surface area (Å²) in [5, 5.41) is 2.44. The molecule has 1 saturated heterocycles. The van der Waals surface area contributed by atoms with E-state index >= 15 is 0 Å². The number of hydrogen-bond donors (Lipinski definition) is 1. The summed E-state index contributed by atoms with van der Waals surface area (Å²) in [6, 6.07) is 4.84. The van der Waals surface area contributed by atoms with Gasteiger partial charge in [-0.05, 0) is 25.2 Å². The molecule has 7 nitrogen and oxygen atoms in total. The van der Waals surface area contributed by atoms with E-state index in [2.05, 4.69) is 19.7 Å². The predicted octanol–water partition coefficient (Wildman–Crippen LogP) is 0.0705. The highest BCUT2D eigenvalue weighted by atomic mass is 32.2. The fourth-order valence-corrected chi connectivity index (χ4v) is 3.41. The lowest BCUT2D eigenvalue weighted by molar-refractivity contribution is 0.135. The number of piperazine rings is 1. The van der Waals surface area contributed by atoms with Crippen LogP contribution in [-0.2, 0) is 10.0 Å². The molecule has 2 heterocycles. The van der Waals surface area contributed by atoms with Crippen LogP contribution < -0.4 is 4.83 Å². The standard InChI is InChI=1S/C13H17N5O2S/c1-17-4-6-18(7-5-17)16-21(19,20)12-2-3-13-11(8-12)9-14-10-15-13/h2-3,8-10,16H,4-7H2,1H3. The first-order valence-corrected chi connectivity index (χ1v) is 8.19. The van der Waals surface area contributed by atoms with Crippen molar-refractivity contribution in [1.82, 2.24) is 24.7 Å². The third kappa shape index (κ3) is 3.18. The maximum Gasteiger partial charge on any atom is 0.253 e. The molecule has 1 aliphatic heterocycles. The number of likely N-dealkylation sites (N-methyl/N-ethyl adjacent to an activating group) is 1. The van der Waals surface area contributed by atoms with Crippen LogP contribution in [0.4, 0.5) is 0 Å². The van der Waals surface area contributed by atoms with Crippen LogP contribution >= 0.6 is 0 Å². The van der Waals surface area contributed by atoms with Crippen molar-refractivity contribution in [2.45, 2.75) is 4.90 Å². The summed E-state index contributed by atoms with van der Waals surface area (Å²) in [7, 11) is -1.54. The van der Waals surface area contributed by atoms with E-state index in [4.69, 9.17) is 0 Å². The van der Waals surface area contributed by atoms with Gasteiger partial charge in [0.2, 0.25) is 0 Å². The van der Waals surface area contributed by atoms with Gasteiger partial charge in [-0.2, -0.15) is 0 Å². The van der Waals surface area contributed by atoms with Gasteiger partial charge in [0.05, 0.1) is 10.4 Å². The lowest BCUT2D eigenvalue weighted by Crippen LogP contribution is -2.52. The molecule has 1 aromatic heterocycles. The second kappa shape index (κ2) is 5.64. The fraction of sp³-hybridized carbons (Fsp3) is 0.385. The average molecular weight is 307 g/mol. The summed E-state index contributed by atoms with van der Waals surface area (Å²) in [6.07, 6.45) is 3.05. The van der Waals surface area contributed by atoms with Crippen molar-refractivity contribution in [1.29, 1.82) is 0 Å². The van der Waals surface area contributed by atoms with E-state index in [0.29, 0.717) is 18.5 Å². The summed E-state index contributed by atoms with van der Waals surface area (Å²) in [5.74, 6) is 0. The molecule has 1 N–H and O–H groups in total. The van der Waals surface area contributed by atoms with Gasteiger partial charge >= 0.3 is 0 Å². The number of benzene rings is 1. The number of hydrogen-bond acceptors (Lipinski definition) is 6. The molecule has 0 saturated carbocycles. The van der Waals surface area contributed by atoms with Crippen LogP contribution in [0.1, 0.15) is 0 Å². The normalized spacial score (nSPS) is 18.1. The molecule has 8 heteroatoms. The first-order valence-electron chi connectivity index (χ1n) is 6.70. The Hall–Kier alpha value is -1.61. The van der Waals surface area contributed by atoms with Gasteiger partial charge < -0.3 is 4.90 Å². The van der Waals surface area contributed by atoms with Crippen molar-refractivity contribution < 1.29 is 8.42 Å². The van der Waals surface area contributed by atoms with Gasteiger partial charge in [0.15, 0.2) is 0 Å². The van der Waals surface area contributed by atoms with Crippen molar-refractivity contribution in [2.75, 3.05) is 33.2 Å². The first kappa shape index (κ1) is 14.3. The zero-order chi connectivity index (χ0) is 14.9. The predicted molar refractivity (Wildman–Crippen MR) is 78.9 cm³/mol. The molecule has 0 atom stereocenters. The number of rotatable bonds is 3. The van der Waals surface area contributed by atoms with E-state index in [0.717, 1.165) is 18.6 Å².